The zero-order valence-corrected chi connectivity index (χ0v) is 12.5. The summed E-state index contributed by atoms with van der Waals surface area (Å²) in [6.07, 6.45) is 0. The van der Waals surface area contributed by atoms with E-state index in [9.17, 15) is 4.21 Å². The molecule has 0 N–H and O–H groups in total. The Bertz CT molecular complexity index is 718. The van der Waals surface area contributed by atoms with E-state index in [1.54, 1.807) is 0 Å². The molecule has 0 bridgehead atoms. The molecular formula is C15H13NO2S2. The highest BCUT2D eigenvalue weighted by Crippen LogP contribution is 2.24. The summed E-state index contributed by atoms with van der Waals surface area (Å²) in [5.41, 5.74) is 1.69. The second kappa shape index (κ2) is 5.73. The van der Waals surface area contributed by atoms with Crippen LogP contribution < -0.4 is 0 Å². The van der Waals surface area contributed by atoms with Gasteiger partial charge in [0, 0.05) is 5.56 Å². The highest BCUT2D eigenvalue weighted by atomic mass is 32.2. The van der Waals surface area contributed by atoms with Crippen LogP contribution in [0.1, 0.15) is 11.5 Å². The van der Waals surface area contributed by atoms with Crippen molar-refractivity contribution >= 4 is 22.1 Å². The number of oxazole rings is 1. The van der Waals surface area contributed by atoms with Crippen LogP contribution in [-0.4, -0.2) is 9.19 Å². The predicted molar refractivity (Wildman–Crippen MR) is 81.1 cm³/mol. The maximum atomic E-state index is 12.2. The van der Waals surface area contributed by atoms with E-state index in [4.69, 9.17) is 4.42 Å². The zero-order valence-electron chi connectivity index (χ0n) is 10.9. The Kier molecular flexibility index (Phi) is 3.80. The molecule has 3 aromatic rings. The minimum Gasteiger partial charge on any atom is -0.441 e. The SMILES string of the molecule is Cc1oc(-c2ccccc2)nc1C[S@@](=O)c1cccs1. The quantitative estimate of drug-likeness (QED) is 0.731. The van der Waals surface area contributed by atoms with E-state index in [1.807, 2.05) is 54.8 Å². The van der Waals surface area contributed by atoms with E-state index >= 15 is 0 Å². The summed E-state index contributed by atoms with van der Waals surface area (Å²) < 4.78 is 18.8. The third kappa shape index (κ3) is 2.73. The van der Waals surface area contributed by atoms with Gasteiger partial charge in [0.1, 0.15) is 5.76 Å². The Hall–Kier alpha value is -1.72. The van der Waals surface area contributed by atoms with Crippen molar-refractivity contribution in [2.75, 3.05) is 0 Å². The van der Waals surface area contributed by atoms with Gasteiger partial charge >= 0.3 is 0 Å². The lowest BCUT2D eigenvalue weighted by atomic mass is 10.2. The molecule has 3 rings (SSSR count). The van der Waals surface area contributed by atoms with Crippen LogP contribution in [0, 0.1) is 6.92 Å². The van der Waals surface area contributed by atoms with Crippen molar-refractivity contribution < 1.29 is 8.63 Å². The molecule has 0 amide bonds. The van der Waals surface area contributed by atoms with Gasteiger partial charge < -0.3 is 4.42 Å². The molecule has 0 spiro atoms. The highest BCUT2D eigenvalue weighted by Gasteiger charge is 2.15. The van der Waals surface area contributed by atoms with Crippen LogP contribution in [0.4, 0.5) is 0 Å². The largest absolute Gasteiger partial charge is 0.441 e. The normalized spacial score (nSPS) is 12.4. The van der Waals surface area contributed by atoms with Crippen LogP contribution in [0.25, 0.3) is 11.5 Å². The molecule has 102 valence electrons. The minimum atomic E-state index is -1.06. The summed E-state index contributed by atoms with van der Waals surface area (Å²) in [6, 6.07) is 13.5. The van der Waals surface area contributed by atoms with Gasteiger partial charge in [0.15, 0.2) is 0 Å². The average Bonchev–Trinajstić information content (AvgIpc) is 3.10. The third-order valence-corrected chi connectivity index (χ3v) is 5.53. The second-order valence-corrected chi connectivity index (χ2v) is 6.94. The number of hydrogen-bond donors (Lipinski definition) is 0. The first-order valence-corrected chi connectivity index (χ1v) is 8.37. The Morgan fingerprint density at radius 3 is 2.70 bits per heavy atom. The number of aryl methyl sites for hydroxylation is 1. The van der Waals surface area contributed by atoms with Crippen LogP contribution in [0.5, 0.6) is 0 Å². The molecule has 3 nitrogen and oxygen atoms in total. The molecule has 20 heavy (non-hydrogen) atoms. The topological polar surface area (TPSA) is 43.1 Å². The molecule has 0 radical (unpaired) electrons. The van der Waals surface area contributed by atoms with Gasteiger partial charge in [0.25, 0.3) is 0 Å². The Morgan fingerprint density at radius 1 is 1.20 bits per heavy atom. The van der Waals surface area contributed by atoms with Gasteiger partial charge in [-0.1, -0.05) is 24.3 Å². The summed E-state index contributed by atoms with van der Waals surface area (Å²) in [5.74, 6) is 1.71. The molecule has 0 aliphatic carbocycles. The number of rotatable bonds is 4. The van der Waals surface area contributed by atoms with Crippen molar-refractivity contribution in [2.45, 2.75) is 16.9 Å². The van der Waals surface area contributed by atoms with Gasteiger partial charge in [-0.3, -0.25) is 4.21 Å². The average molecular weight is 303 g/mol. The van der Waals surface area contributed by atoms with E-state index in [-0.39, 0.29) is 0 Å². The summed E-state index contributed by atoms with van der Waals surface area (Å²) in [6.45, 7) is 1.86. The van der Waals surface area contributed by atoms with E-state index in [0.717, 1.165) is 21.2 Å². The molecule has 0 saturated carbocycles. The highest BCUT2D eigenvalue weighted by molar-refractivity contribution is 7.86. The zero-order chi connectivity index (χ0) is 13.9. The Labute approximate surface area is 123 Å². The maximum absolute atomic E-state index is 12.2. The van der Waals surface area contributed by atoms with Gasteiger partial charge in [-0.2, -0.15) is 0 Å². The summed E-state index contributed by atoms with van der Waals surface area (Å²) in [4.78, 5) is 4.47. The van der Waals surface area contributed by atoms with Gasteiger partial charge in [-0.05, 0) is 30.5 Å². The molecule has 0 saturated heterocycles. The standard InChI is InChI=1S/C15H13NO2S2/c1-11-13(10-20(17)14-8-5-9-19-14)16-15(18-11)12-6-3-2-4-7-12/h2-9H,10H2,1H3/t20-/m1/s1. The second-order valence-electron chi connectivity index (χ2n) is 4.31. The van der Waals surface area contributed by atoms with Crippen molar-refractivity contribution in [3.63, 3.8) is 0 Å². The molecule has 0 aliphatic heterocycles. The monoisotopic (exact) mass is 303 g/mol. The fourth-order valence-corrected chi connectivity index (χ4v) is 3.96. The first kappa shape index (κ1) is 13.3. The van der Waals surface area contributed by atoms with Gasteiger partial charge in [-0.25, -0.2) is 4.98 Å². The fraction of sp³-hybridized carbons (Fsp3) is 0.133. The molecule has 5 heteroatoms. The van der Waals surface area contributed by atoms with Crippen LogP contribution in [-0.2, 0) is 16.6 Å². The molecule has 0 unspecified atom stereocenters. The van der Waals surface area contributed by atoms with E-state index in [2.05, 4.69) is 4.98 Å². The minimum absolute atomic E-state index is 0.392. The fourth-order valence-electron chi connectivity index (χ4n) is 1.85. The Morgan fingerprint density at radius 2 is 2.00 bits per heavy atom. The first-order chi connectivity index (χ1) is 9.74. The first-order valence-electron chi connectivity index (χ1n) is 6.17. The summed E-state index contributed by atoms with van der Waals surface area (Å²) in [7, 11) is -1.06. The van der Waals surface area contributed by atoms with Crippen molar-refractivity contribution in [1.82, 2.24) is 4.98 Å². The molecule has 1 aromatic carbocycles. The Balaban J connectivity index is 1.85. The van der Waals surface area contributed by atoms with E-state index in [1.165, 1.54) is 11.3 Å². The van der Waals surface area contributed by atoms with E-state index < -0.39 is 10.8 Å². The maximum Gasteiger partial charge on any atom is 0.226 e. The van der Waals surface area contributed by atoms with Crippen molar-refractivity contribution in [3.8, 4) is 11.5 Å². The third-order valence-electron chi connectivity index (χ3n) is 2.90. The molecule has 0 fully saturated rings. The van der Waals surface area contributed by atoms with Crippen LogP contribution in [0.3, 0.4) is 0 Å². The number of nitrogens with zero attached hydrogens (tertiary/aromatic N) is 1. The lowest BCUT2D eigenvalue weighted by Crippen LogP contribution is -1.96. The van der Waals surface area contributed by atoms with Gasteiger partial charge in [-0.15, -0.1) is 11.3 Å². The van der Waals surface area contributed by atoms with Gasteiger partial charge in [0.05, 0.1) is 26.5 Å². The summed E-state index contributed by atoms with van der Waals surface area (Å²) >= 11 is 1.50. The molecular weight excluding hydrogens is 290 g/mol. The lowest BCUT2D eigenvalue weighted by molar-refractivity contribution is 0.540. The lowest BCUT2D eigenvalue weighted by Gasteiger charge is -1.96. The number of hydrogen-bond acceptors (Lipinski definition) is 4. The van der Waals surface area contributed by atoms with E-state index in [0.29, 0.717) is 11.6 Å². The van der Waals surface area contributed by atoms with Crippen LogP contribution >= 0.6 is 11.3 Å². The van der Waals surface area contributed by atoms with Crippen molar-refractivity contribution in [1.29, 1.82) is 0 Å². The number of benzene rings is 1. The van der Waals surface area contributed by atoms with Crippen molar-refractivity contribution in [3.05, 3.63) is 59.3 Å². The smallest absolute Gasteiger partial charge is 0.226 e. The molecule has 0 aliphatic rings. The number of aromatic nitrogens is 1. The molecule has 1 atom stereocenters. The number of thiophene rings is 1. The molecule has 2 heterocycles. The summed E-state index contributed by atoms with van der Waals surface area (Å²) in [5, 5.41) is 1.93. The van der Waals surface area contributed by atoms with Crippen molar-refractivity contribution in [2.24, 2.45) is 0 Å². The van der Waals surface area contributed by atoms with Gasteiger partial charge in [0.2, 0.25) is 5.89 Å². The van der Waals surface area contributed by atoms with Crippen LogP contribution in [0.15, 0.2) is 56.5 Å². The predicted octanol–water partition coefficient (Wildman–Crippen LogP) is 4.02. The molecule has 2 aromatic heterocycles. The van der Waals surface area contributed by atoms with Crippen LogP contribution in [0.2, 0.25) is 0 Å².